The summed E-state index contributed by atoms with van der Waals surface area (Å²) >= 11 is 0. The van der Waals surface area contributed by atoms with E-state index in [2.05, 4.69) is 217 Å². The van der Waals surface area contributed by atoms with Crippen molar-refractivity contribution >= 4 is 17.1 Å². The monoisotopic (exact) mass is 817 g/mol. The molecule has 0 saturated carbocycles. The molecule has 3 nitrogen and oxygen atoms in total. The van der Waals surface area contributed by atoms with Crippen LogP contribution in [0.2, 0.25) is 0 Å². The van der Waals surface area contributed by atoms with Gasteiger partial charge in [0.25, 0.3) is 0 Å². The SMILES string of the molecule is c1ccc(-c2ccc(N(c3ccc(-c4ccccc4)cc3)c3ccc(-c4ccc5c(c4)C4(c6ccccc6-c6ccccc64)c4cc6c(cc4-5)Oc4ccccc4O6)cc3)cc2)cc1. The van der Waals surface area contributed by atoms with E-state index in [4.69, 9.17) is 9.47 Å². The van der Waals surface area contributed by atoms with Crippen LogP contribution in [0.4, 0.5) is 17.1 Å². The predicted octanol–water partition coefficient (Wildman–Crippen LogP) is 16.4. The van der Waals surface area contributed by atoms with E-state index in [-0.39, 0.29) is 0 Å². The highest BCUT2D eigenvalue weighted by Crippen LogP contribution is 2.65. The Balaban J connectivity index is 0.929. The molecule has 0 saturated heterocycles. The summed E-state index contributed by atoms with van der Waals surface area (Å²) in [5.74, 6) is 2.92. The largest absolute Gasteiger partial charge is 0.450 e. The number of hydrogen-bond donors (Lipinski definition) is 0. The highest BCUT2D eigenvalue weighted by atomic mass is 16.6. The third-order valence-corrected chi connectivity index (χ3v) is 13.4. The molecule has 0 fully saturated rings. The molecule has 0 radical (unpaired) electrons. The lowest BCUT2D eigenvalue weighted by molar-refractivity contribution is 0.359. The second-order valence-electron chi connectivity index (χ2n) is 16.8. The van der Waals surface area contributed by atoms with Gasteiger partial charge < -0.3 is 14.4 Å². The lowest BCUT2D eigenvalue weighted by atomic mass is 9.70. The van der Waals surface area contributed by atoms with E-state index in [0.717, 1.165) is 56.8 Å². The molecular weight excluding hydrogens is 779 g/mol. The number of nitrogens with zero attached hydrogens (tertiary/aromatic N) is 1. The summed E-state index contributed by atoms with van der Waals surface area (Å²) in [6.07, 6.45) is 0. The molecule has 64 heavy (non-hydrogen) atoms. The minimum Gasteiger partial charge on any atom is -0.450 e. The molecule has 0 bridgehead atoms. The van der Waals surface area contributed by atoms with Gasteiger partial charge in [-0.25, -0.2) is 0 Å². The van der Waals surface area contributed by atoms with Crippen molar-refractivity contribution in [3.05, 3.63) is 259 Å². The van der Waals surface area contributed by atoms with Crippen LogP contribution in [-0.2, 0) is 5.41 Å². The first-order valence-corrected chi connectivity index (χ1v) is 21.9. The van der Waals surface area contributed by atoms with E-state index in [1.807, 2.05) is 24.3 Å². The van der Waals surface area contributed by atoms with Crippen molar-refractivity contribution in [3.63, 3.8) is 0 Å². The van der Waals surface area contributed by atoms with Crippen molar-refractivity contribution in [1.82, 2.24) is 0 Å². The number of hydrogen-bond acceptors (Lipinski definition) is 3. The average molecular weight is 818 g/mol. The van der Waals surface area contributed by atoms with Gasteiger partial charge in [0.05, 0.1) is 5.41 Å². The number of rotatable bonds is 6. The summed E-state index contributed by atoms with van der Waals surface area (Å²) < 4.78 is 13.1. The van der Waals surface area contributed by atoms with Gasteiger partial charge in [0.1, 0.15) is 0 Å². The molecule has 10 aromatic carbocycles. The normalized spacial score (nSPS) is 13.1. The van der Waals surface area contributed by atoms with Gasteiger partial charge in [-0.1, -0.05) is 170 Å². The zero-order valence-electron chi connectivity index (χ0n) is 34.8. The zero-order chi connectivity index (χ0) is 42.2. The molecule has 0 atom stereocenters. The standard InChI is InChI=1S/C61H39NO2/c1-3-13-40(14-4-1)42-23-30-46(31-24-42)62(47-32-25-43(26-33-47)41-15-5-2-6-16-41)48-34-27-44(28-35-48)45-29-36-51-52-38-59-60(64-58-22-12-11-21-57(58)63-59)39-56(52)61(55(51)37-45)53-19-9-7-17-49(53)50-18-8-10-20-54(50)61/h1-39H. The first-order chi connectivity index (χ1) is 31.7. The number of para-hydroxylation sites is 2. The van der Waals surface area contributed by atoms with Crippen LogP contribution < -0.4 is 14.4 Å². The fourth-order valence-corrected chi connectivity index (χ4v) is 10.5. The van der Waals surface area contributed by atoms with Crippen molar-refractivity contribution in [1.29, 1.82) is 0 Å². The van der Waals surface area contributed by atoms with Gasteiger partial charge in [-0.15, -0.1) is 0 Å². The van der Waals surface area contributed by atoms with E-state index < -0.39 is 5.41 Å². The van der Waals surface area contributed by atoms with Crippen LogP contribution in [0.1, 0.15) is 22.3 Å². The van der Waals surface area contributed by atoms with Crippen LogP contribution >= 0.6 is 0 Å². The van der Waals surface area contributed by atoms with Gasteiger partial charge in [0, 0.05) is 17.1 Å². The lowest BCUT2D eigenvalue weighted by Crippen LogP contribution is -2.26. The molecule has 3 heteroatoms. The smallest absolute Gasteiger partial charge is 0.170 e. The molecule has 300 valence electrons. The highest BCUT2D eigenvalue weighted by Gasteiger charge is 2.52. The molecule has 10 aromatic rings. The Labute approximate surface area is 372 Å². The minimum absolute atomic E-state index is 0.544. The van der Waals surface area contributed by atoms with Crippen LogP contribution in [-0.4, -0.2) is 0 Å². The summed E-state index contributed by atoms with van der Waals surface area (Å²) in [7, 11) is 0. The molecule has 0 N–H and O–H groups in total. The van der Waals surface area contributed by atoms with Gasteiger partial charge >= 0.3 is 0 Å². The molecule has 1 spiro atoms. The third-order valence-electron chi connectivity index (χ3n) is 13.4. The van der Waals surface area contributed by atoms with E-state index in [1.54, 1.807) is 0 Å². The summed E-state index contributed by atoms with van der Waals surface area (Å²) in [5.41, 5.74) is 19.8. The van der Waals surface area contributed by atoms with Gasteiger partial charge in [-0.2, -0.15) is 0 Å². The number of ether oxygens (including phenoxy) is 2. The topological polar surface area (TPSA) is 21.7 Å². The molecule has 13 rings (SSSR count). The van der Waals surface area contributed by atoms with Gasteiger partial charge in [0.15, 0.2) is 23.0 Å². The summed E-state index contributed by atoms with van der Waals surface area (Å²) in [6, 6.07) is 85.1. The number of anilines is 3. The Hall–Kier alpha value is -8.40. The quantitative estimate of drug-likeness (QED) is 0.167. The molecular formula is C61H39NO2. The van der Waals surface area contributed by atoms with E-state index in [9.17, 15) is 0 Å². The molecule has 0 aromatic heterocycles. The Morgan fingerprint density at radius 3 is 1.14 bits per heavy atom. The minimum atomic E-state index is -0.544. The molecule has 0 amide bonds. The third kappa shape index (κ3) is 5.54. The lowest BCUT2D eigenvalue weighted by Gasteiger charge is -2.31. The maximum atomic E-state index is 6.59. The molecule has 3 aliphatic rings. The fraction of sp³-hybridized carbons (Fsp3) is 0.0164. The van der Waals surface area contributed by atoms with E-state index in [1.165, 1.54) is 61.2 Å². The molecule has 2 aliphatic carbocycles. The first-order valence-electron chi connectivity index (χ1n) is 21.9. The number of benzene rings is 10. The maximum Gasteiger partial charge on any atom is 0.170 e. The van der Waals surface area contributed by atoms with Crippen molar-refractivity contribution in [2.24, 2.45) is 0 Å². The maximum absolute atomic E-state index is 6.59. The Morgan fingerprint density at radius 2 is 0.625 bits per heavy atom. The highest BCUT2D eigenvalue weighted by molar-refractivity contribution is 5.97. The van der Waals surface area contributed by atoms with Gasteiger partial charge in [-0.3, -0.25) is 0 Å². The van der Waals surface area contributed by atoms with E-state index in [0.29, 0.717) is 0 Å². The Kier molecular flexibility index (Phi) is 8.13. The Morgan fingerprint density at radius 1 is 0.250 bits per heavy atom. The van der Waals surface area contributed by atoms with Crippen molar-refractivity contribution < 1.29 is 9.47 Å². The van der Waals surface area contributed by atoms with Crippen LogP contribution in [0.15, 0.2) is 237 Å². The van der Waals surface area contributed by atoms with Crippen molar-refractivity contribution in [2.45, 2.75) is 5.41 Å². The van der Waals surface area contributed by atoms with Crippen molar-refractivity contribution in [3.8, 4) is 78.6 Å². The summed E-state index contributed by atoms with van der Waals surface area (Å²) in [4.78, 5) is 2.35. The van der Waals surface area contributed by atoms with Crippen LogP contribution in [0.25, 0.3) is 55.6 Å². The van der Waals surface area contributed by atoms with Gasteiger partial charge in [0.2, 0.25) is 0 Å². The molecule has 0 unspecified atom stereocenters. The fourth-order valence-electron chi connectivity index (χ4n) is 10.5. The van der Waals surface area contributed by atoms with Crippen LogP contribution in [0.3, 0.4) is 0 Å². The summed E-state index contributed by atoms with van der Waals surface area (Å²) in [5, 5.41) is 0. The molecule has 1 aliphatic heterocycles. The summed E-state index contributed by atoms with van der Waals surface area (Å²) in [6.45, 7) is 0. The predicted molar refractivity (Wildman–Crippen MR) is 260 cm³/mol. The van der Waals surface area contributed by atoms with Crippen LogP contribution in [0, 0.1) is 0 Å². The second kappa shape index (κ2) is 14.3. The Bertz CT molecular complexity index is 3280. The van der Waals surface area contributed by atoms with Crippen LogP contribution in [0.5, 0.6) is 23.0 Å². The van der Waals surface area contributed by atoms with Gasteiger partial charge in [-0.05, 0) is 145 Å². The molecule has 1 heterocycles. The van der Waals surface area contributed by atoms with Crippen molar-refractivity contribution in [2.75, 3.05) is 4.90 Å². The first kappa shape index (κ1) is 36.3. The average Bonchev–Trinajstić information content (AvgIpc) is 3.82. The second-order valence-corrected chi connectivity index (χ2v) is 16.8. The van der Waals surface area contributed by atoms with E-state index >= 15 is 0 Å². The number of fused-ring (bicyclic) bond motifs is 12. The zero-order valence-corrected chi connectivity index (χ0v) is 34.8.